The highest BCUT2D eigenvalue weighted by atomic mass is 32.2. The Kier molecular flexibility index (Phi) is 3.64. The minimum atomic E-state index is -3.53. The number of nitrogens with zero attached hydrogens (tertiary/aromatic N) is 2. The molecule has 2 aromatic rings. The van der Waals surface area contributed by atoms with Gasteiger partial charge in [0, 0.05) is 30.4 Å². The van der Waals surface area contributed by atoms with Crippen LogP contribution in [0, 0.1) is 0 Å². The van der Waals surface area contributed by atoms with E-state index in [-0.39, 0.29) is 0 Å². The van der Waals surface area contributed by atoms with Gasteiger partial charge < -0.3 is 10.6 Å². The maximum atomic E-state index is 12.9. The number of fused-ring (bicyclic) bond motifs is 1. The van der Waals surface area contributed by atoms with Crippen LogP contribution in [0.3, 0.4) is 0 Å². The van der Waals surface area contributed by atoms with Gasteiger partial charge in [0.2, 0.25) is 0 Å². The number of rotatable bonds is 3. The first-order valence-electron chi connectivity index (χ1n) is 6.64. The van der Waals surface area contributed by atoms with Gasteiger partial charge in [-0.25, -0.2) is 8.42 Å². The van der Waals surface area contributed by atoms with Crippen molar-refractivity contribution in [3.8, 4) is 0 Å². The molecule has 112 valence electrons. The predicted octanol–water partition coefficient (Wildman–Crippen LogP) is 1.85. The molecule has 0 bridgehead atoms. The molecule has 0 fully saturated rings. The van der Waals surface area contributed by atoms with Gasteiger partial charge in [0.05, 0.1) is 22.8 Å². The SMILES string of the molecule is CN1CCN(S(=O)(=O)c2csc(CN)c2)c2ccccc21. The van der Waals surface area contributed by atoms with Crippen molar-refractivity contribution in [3.05, 3.63) is 40.6 Å². The third-order valence-electron chi connectivity index (χ3n) is 3.62. The van der Waals surface area contributed by atoms with Gasteiger partial charge in [-0.05, 0) is 18.2 Å². The molecule has 0 saturated carbocycles. The summed E-state index contributed by atoms with van der Waals surface area (Å²) in [5, 5.41) is 1.67. The van der Waals surface area contributed by atoms with Crippen LogP contribution >= 0.6 is 11.3 Å². The van der Waals surface area contributed by atoms with Crippen molar-refractivity contribution >= 4 is 32.7 Å². The molecule has 1 aromatic heterocycles. The van der Waals surface area contributed by atoms with Crippen LogP contribution in [0.4, 0.5) is 11.4 Å². The normalized spacial score (nSPS) is 15.1. The molecule has 0 spiro atoms. The smallest absolute Gasteiger partial charge is 0.265 e. The maximum absolute atomic E-state index is 12.9. The van der Waals surface area contributed by atoms with Crippen molar-refractivity contribution in [1.82, 2.24) is 0 Å². The second kappa shape index (κ2) is 5.32. The van der Waals surface area contributed by atoms with Crippen LogP contribution in [0.2, 0.25) is 0 Å². The molecule has 21 heavy (non-hydrogen) atoms. The molecular formula is C14H17N3O2S2. The van der Waals surface area contributed by atoms with Crippen molar-refractivity contribution in [1.29, 1.82) is 0 Å². The van der Waals surface area contributed by atoms with Gasteiger partial charge >= 0.3 is 0 Å². The molecule has 2 heterocycles. The Balaban J connectivity index is 2.06. The summed E-state index contributed by atoms with van der Waals surface area (Å²) in [5.41, 5.74) is 7.24. The van der Waals surface area contributed by atoms with E-state index in [1.165, 1.54) is 15.6 Å². The minimum Gasteiger partial charge on any atom is -0.371 e. The maximum Gasteiger partial charge on any atom is 0.265 e. The Morgan fingerprint density at radius 3 is 2.62 bits per heavy atom. The lowest BCUT2D eigenvalue weighted by Gasteiger charge is -2.35. The molecule has 7 heteroatoms. The Hall–Kier alpha value is -1.57. The Morgan fingerprint density at radius 2 is 1.95 bits per heavy atom. The minimum absolute atomic E-state index is 0.326. The number of hydrogen-bond donors (Lipinski definition) is 1. The summed E-state index contributed by atoms with van der Waals surface area (Å²) in [4.78, 5) is 3.27. The molecule has 3 rings (SSSR count). The summed E-state index contributed by atoms with van der Waals surface area (Å²) < 4.78 is 27.2. The summed E-state index contributed by atoms with van der Waals surface area (Å²) in [6, 6.07) is 9.23. The molecule has 0 unspecified atom stereocenters. The average Bonchev–Trinajstić information content (AvgIpc) is 2.97. The quantitative estimate of drug-likeness (QED) is 0.936. The number of sulfonamides is 1. The fraction of sp³-hybridized carbons (Fsp3) is 0.286. The fourth-order valence-corrected chi connectivity index (χ4v) is 5.07. The second-order valence-corrected chi connectivity index (χ2v) is 7.80. The average molecular weight is 323 g/mol. The van der Waals surface area contributed by atoms with Gasteiger partial charge in [-0.15, -0.1) is 11.3 Å². The zero-order valence-electron chi connectivity index (χ0n) is 11.7. The van der Waals surface area contributed by atoms with E-state index in [4.69, 9.17) is 5.73 Å². The van der Waals surface area contributed by atoms with Gasteiger partial charge in [0.15, 0.2) is 0 Å². The lowest BCUT2D eigenvalue weighted by atomic mass is 10.2. The number of nitrogens with two attached hydrogens (primary N) is 1. The molecule has 1 aliphatic heterocycles. The third kappa shape index (κ3) is 2.41. The standard InChI is InChI=1S/C14H17N3O2S2/c1-16-6-7-17(14-5-3-2-4-13(14)16)21(18,19)12-8-11(9-15)20-10-12/h2-5,8,10H,6-7,9,15H2,1H3. The van der Waals surface area contributed by atoms with Crippen LogP contribution in [0.25, 0.3) is 0 Å². The molecule has 1 aromatic carbocycles. The molecule has 0 atom stereocenters. The number of likely N-dealkylation sites (N-methyl/N-ethyl adjacent to an activating group) is 1. The molecule has 0 aliphatic carbocycles. The van der Waals surface area contributed by atoms with Crippen molar-refractivity contribution in [2.45, 2.75) is 11.4 Å². The van der Waals surface area contributed by atoms with E-state index in [2.05, 4.69) is 4.90 Å². The first kappa shape index (κ1) is 14.4. The summed E-state index contributed by atoms with van der Waals surface area (Å²) in [6.45, 7) is 1.48. The number of para-hydroxylation sites is 2. The van der Waals surface area contributed by atoms with Crippen LogP contribution in [0.1, 0.15) is 4.88 Å². The lowest BCUT2D eigenvalue weighted by molar-refractivity contribution is 0.589. The van der Waals surface area contributed by atoms with E-state index in [0.29, 0.717) is 24.5 Å². The Labute approximate surface area is 128 Å². The molecule has 0 saturated heterocycles. The van der Waals surface area contributed by atoms with Crippen LogP contribution in [-0.4, -0.2) is 28.6 Å². The highest BCUT2D eigenvalue weighted by molar-refractivity contribution is 7.93. The number of benzene rings is 1. The molecular weight excluding hydrogens is 306 g/mol. The van der Waals surface area contributed by atoms with Crippen molar-refractivity contribution in [3.63, 3.8) is 0 Å². The first-order chi connectivity index (χ1) is 10.0. The number of thiophene rings is 1. The highest BCUT2D eigenvalue weighted by Gasteiger charge is 2.31. The van der Waals surface area contributed by atoms with Gasteiger partial charge in [-0.1, -0.05) is 12.1 Å². The Bertz CT molecular complexity index is 755. The zero-order chi connectivity index (χ0) is 15.0. The van der Waals surface area contributed by atoms with Crippen molar-refractivity contribution < 1.29 is 8.42 Å². The summed E-state index contributed by atoms with van der Waals surface area (Å²) >= 11 is 1.38. The molecule has 1 aliphatic rings. The van der Waals surface area contributed by atoms with Crippen molar-refractivity contribution in [2.75, 3.05) is 29.3 Å². The fourth-order valence-electron chi connectivity index (χ4n) is 2.46. The van der Waals surface area contributed by atoms with Crippen LogP contribution in [0.5, 0.6) is 0 Å². The Morgan fingerprint density at radius 1 is 1.24 bits per heavy atom. The largest absolute Gasteiger partial charge is 0.371 e. The zero-order valence-corrected chi connectivity index (χ0v) is 13.3. The molecule has 5 nitrogen and oxygen atoms in total. The molecule has 0 amide bonds. The topological polar surface area (TPSA) is 66.6 Å². The van der Waals surface area contributed by atoms with E-state index in [1.807, 2.05) is 31.3 Å². The van der Waals surface area contributed by atoms with Crippen molar-refractivity contribution in [2.24, 2.45) is 5.73 Å². The molecule has 2 N–H and O–H groups in total. The first-order valence-corrected chi connectivity index (χ1v) is 8.96. The van der Waals surface area contributed by atoms with Crippen LogP contribution in [-0.2, 0) is 16.6 Å². The van der Waals surface area contributed by atoms with E-state index < -0.39 is 10.0 Å². The summed E-state index contributed by atoms with van der Waals surface area (Å²) in [6.07, 6.45) is 0. The van der Waals surface area contributed by atoms with E-state index in [1.54, 1.807) is 11.4 Å². The van der Waals surface area contributed by atoms with Gasteiger partial charge in [0.25, 0.3) is 10.0 Å². The monoisotopic (exact) mass is 323 g/mol. The third-order valence-corrected chi connectivity index (χ3v) is 6.52. The number of hydrogen-bond acceptors (Lipinski definition) is 5. The van der Waals surface area contributed by atoms with Crippen LogP contribution < -0.4 is 14.9 Å². The summed E-state index contributed by atoms with van der Waals surface area (Å²) in [7, 11) is -1.55. The van der Waals surface area contributed by atoms with Gasteiger partial charge in [0.1, 0.15) is 0 Å². The van der Waals surface area contributed by atoms with Gasteiger partial charge in [-0.3, -0.25) is 4.31 Å². The van der Waals surface area contributed by atoms with E-state index in [9.17, 15) is 8.42 Å². The van der Waals surface area contributed by atoms with Crippen LogP contribution in [0.15, 0.2) is 40.6 Å². The van der Waals surface area contributed by atoms with Gasteiger partial charge in [-0.2, -0.15) is 0 Å². The van der Waals surface area contributed by atoms with E-state index in [0.717, 1.165) is 16.3 Å². The van der Waals surface area contributed by atoms with E-state index >= 15 is 0 Å². The number of anilines is 2. The second-order valence-electron chi connectivity index (χ2n) is 4.94. The highest BCUT2D eigenvalue weighted by Crippen LogP contribution is 2.36. The lowest BCUT2D eigenvalue weighted by Crippen LogP contribution is -2.42. The summed E-state index contributed by atoms with van der Waals surface area (Å²) in [5.74, 6) is 0. The molecule has 0 radical (unpaired) electrons. The predicted molar refractivity (Wildman–Crippen MR) is 86.5 cm³/mol.